The van der Waals surface area contributed by atoms with Gasteiger partial charge in [-0.3, -0.25) is 14.4 Å². The van der Waals surface area contributed by atoms with E-state index in [9.17, 15) is 13.2 Å². The predicted molar refractivity (Wildman–Crippen MR) is 76.3 cm³/mol. The lowest BCUT2D eigenvalue weighted by Gasteiger charge is -2.35. The lowest BCUT2D eigenvalue weighted by Crippen LogP contribution is -2.52. The Kier molecular flexibility index (Phi) is 6.26. The Morgan fingerprint density at radius 3 is 2.26 bits per heavy atom. The van der Waals surface area contributed by atoms with Crippen molar-refractivity contribution in [2.75, 3.05) is 18.8 Å². The van der Waals surface area contributed by atoms with Gasteiger partial charge in [-0.1, -0.05) is 27.2 Å². The van der Waals surface area contributed by atoms with E-state index in [1.165, 1.54) is 6.42 Å². The second-order valence-electron chi connectivity index (χ2n) is 5.57. The third-order valence-electron chi connectivity index (χ3n) is 3.41. The van der Waals surface area contributed by atoms with Crippen molar-refractivity contribution in [2.45, 2.75) is 52.5 Å². The van der Waals surface area contributed by atoms with Crippen LogP contribution in [0.2, 0.25) is 0 Å². The van der Waals surface area contributed by atoms with Crippen LogP contribution in [0.3, 0.4) is 0 Å². The van der Waals surface area contributed by atoms with Crippen molar-refractivity contribution in [1.82, 2.24) is 9.62 Å². The van der Waals surface area contributed by atoms with E-state index in [1.807, 2.05) is 13.8 Å². The molecule has 0 aliphatic carbocycles. The topological polar surface area (TPSA) is 66.5 Å². The first-order valence-electron chi connectivity index (χ1n) is 7.15. The Hall–Kier alpha value is -0.620. The molecule has 1 N–H and O–H groups in total. The van der Waals surface area contributed by atoms with E-state index in [-0.39, 0.29) is 23.6 Å². The molecule has 0 radical (unpaired) electrons. The summed E-state index contributed by atoms with van der Waals surface area (Å²) < 4.78 is 25.6. The molecule has 1 rings (SSSR count). The van der Waals surface area contributed by atoms with Crippen molar-refractivity contribution < 1.29 is 13.2 Å². The maximum Gasteiger partial charge on any atom is 0.251 e. The summed E-state index contributed by atoms with van der Waals surface area (Å²) in [5, 5.41) is 0. The molecule has 0 bridgehead atoms. The number of rotatable bonds is 6. The van der Waals surface area contributed by atoms with Crippen molar-refractivity contribution in [2.24, 2.45) is 5.92 Å². The van der Waals surface area contributed by atoms with Gasteiger partial charge in [-0.05, 0) is 38.3 Å². The molecule has 1 heterocycles. The van der Waals surface area contributed by atoms with Gasteiger partial charge in [0, 0.05) is 0 Å². The highest BCUT2D eigenvalue weighted by Gasteiger charge is 2.31. The number of carbonyl (C=O) groups is 1. The number of likely N-dealkylation sites (tertiary alicyclic amines) is 1. The van der Waals surface area contributed by atoms with Crippen LogP contribution in [0.15, 0.2) is 0 Å². The molecule has 0 saturated carbocycles. The zero-order valence-corrected chi connectivity index (χ0v) is 13.0. The Morgan fingerprint density at radius 2 is 1.79 bits per heavy atom. The molecular weight excluding hydrogens is 264 g/mol. The van der Waals surface area contributed by atoms with E-state index in [0.29, 0.717) is 6.42 Å². The predicted octanol–water partition coefficient (Wildman–Crippen LogP) is 1.35. The molecule has 5 nitrogen and oxygen atoms in total. The van der Waals surface area contributed by atoms with E-state index in [0.717, 1.165) is 25.9 Å². The highest BCUT2D eigenvalue weighted by Crippen LogP contribution is 2.18. The molecule has 1 aliphatic rings. The van der Waals surface area contributed by atoms with Crippen LogP contribution in [-0.4, -0.2) is 44.1 Å². The fraction of sp³-hybridized carbons (Fsp3) is 0.923. The SMILES string of the molecule is CCCS(=O)(=O)NC(=O)[C@@H](C(C)C)N1CCCCC1. The van der Waals surface area contributed by atoms with Gasteiger partial charge in [-0.15, -0.1) is 0 Å². The summed E-state index contributed by atoms with van der Waals surface area (Å²) in [6.45, 7) is 7.47. The van der Waals surface area contributed by atoms with Crippen LogP contribution in [0.25, 0.3) is 0 Å². The first kappa shape index (κ1) is 16.4. The smallest absolute Gasteiger partial charge is 0.251 e. The van der Waals surface area contributed by atoms with Crippen LogP contribution in [0.1, 0.15) is 46.5 Å². The minimum atomic E-state index is -3.47. The Labute approximate surface area is 116 Å². The maximum absolute atomic E-state index is 12.2. The Morgan fingerprint density at radius 1 is 1.21 bits per heavy atom. The number of nitrogens with one attached hydrogen (secondary N) is 1. The maximum atomic E-state index is 12.2. The molecule has 1 fully saturated rings. The fourth-order valence-electron chi connectivity index (χ4n) is 2.62. The van der Waals surface area contributed by atoms with Crippen molar-refractivity contribution in [3.05, 3.63) is 0 Å². The van der Waals surface area contributed by atoms with Crippen LogP contribution in [0.5, 0.6) is 0 Å². The summed E-state index contributed by atoms with van der Waals surface area (Å²) in [7, 11) is -3.47. The van der Waals surface area contributed by atoms with E-state index in [2.05, 4.69) is 9.62 Å². The van der Waals surface area contributed by atoms with Gasteiger partial charge >= 0.3 is 0 Å². The summed E-state index contributed by atoms with van der Waals surface area (Å²) in [4.78, 5) is 14.4. The highest BCUT2D eigenvalue weighted by molar-refractivity contribution is 7.90. The molecule has 112 valence electrons. The van der Waals surface area contributed by atoms with Crippen molar-refractivity contribution in [3.8, 4) is 0 Å². The van der Waals surface area contributed by atoms with Gasteiger partial charge in [0.1, 0.15) is 0 Å². The third kappa shape index (κ3) is 5.10. The molecule has 0 aromatic heterocycles. The summed E-state index contributed by atoms with van der Waals surface area (Å²) >= 11 is 0. The van der Waals surface area contributed by atoms with Gasteiger partial charge in [0.15, 0.2) is 0 Å². The fourth-order valence-corrected chi connectivity index (χ4v) is 3.69. The van der Waals surface area contributed by atoms with E-state index >= 15 is 0 Å². The molecular formula is C13H26N2O3S. The number of hydrogen-bond donors (Lipinski definition) is 1. The van der Waals surface area contributed by atoms with Gasteiger partial charge in [-0.25, -0.2) is 8.42 Å². The van der Waals surface area contributed by atoms with Crippen LogP contribution in [-0.2, 0) is 14.8 Å². The largest absolute Gasteiger partial charge is 0.292 e. The van der Waals surface area contributed by atoms with Crippen molar-refractivity contribution in [3.63, 3.8) is 0 Å². The van der Waals surface area contributed by atoms with Gasteiger partial charge < -0.3 is 0 Å². The number of hydrogen-bond acceptors (Lipinski definition) is 4. The van der Waals surface area contributed by atoms with Crippen LogP contribution in [0.4, 0.5) is 0 Å². The molecule has 1 aliphatic heterocycles. The number of amides is 1. The molecule has 0 aromatic rings. The molecule has 0 unspecified atom stereocenters. The molecule has 0 spiro atoms. The summed E-state index contributed by atoms with van der Waals surface area (Å²) in [6, 6.07) is -0.341. The number of carbonyl (C=O) groups excluding carboxylic acids is 1. The summed E-state index contributed by atoms with van der Waals surface area (Å²) in [5.41, 5.74) is 0. The normalized spacial score (nSPS) is 19.4. The van der Waals surface area contributed by atoms with Crippen LogP contribution < -0.4 is 4.72 Å². The second-order valence-corrected chi connectivity index (χ2v) is 7.41. The average molecular weight is 290 g/mol. The number of piperidine rings is 1. The number of nitrogens with zero attached hydrogens (tertiary/aromatic N) is 1. The van der Waals surface area contributed by atoms with E-state index < -0.39 is 10.0 Å². The molecule has 6 heteroatoms. The molecule has 1 amide bonds. The van der Waals surface area contributed by atoms with Crippen LogP contribution in [0, 0.1) is 5.92 Å². The van der Waals surface area contributed by atoms with Crippen LogP contribution >= 0.6 is 0 Å². The summed E-state index contributed by atoms with van der Waals surface area (Å²) in [5.74, 6) is -0.260. The second kappa shape index (κ2) is 7.24. The van der Waals surface area contributed by atoms with Gasteiger partial charge in [-0.2, -0.15) is 0 Å². The molecule has 1 atom stereocenters. The third-order valence-corrected chi connectivity index (χ3v) is 4.87. The van der Waals surface area contributed by atoms with Gasteiger partial charge in [0.05, 0.1) is 11.8 Å². The minimum absolute atomic E-state index is 0.00353. The minimum Gasteiger partial charge on any atom is -0.292 e. The van der Waals surface area contributed by atoms with Gasteiger partial charge in [0.25, 0.3) is 5.91 Å². The zero-order chi connectivity index (χ0) is 14.5. The first-order chi connectivity index (χ1) is 8.87. The average Bonchev–Trinajstić information content (AvgIpc) is 2.28. The van der Waals surface area contributed by atoms with E-state index in [1.54, 1.807) is 6.92 Å². The standard InChI is InChI=1S/C13H26N2O3S/c1-4-10-19(17,18)14-13(16)12(11(2)3)15-8-6-5-7-9-15/h11-12H,4-10H2,1-3H3,(H,14,16)/t12-/m1/s1. The number of sulfonamides is 1. The summed E-state index contributed by atoms with van der Waals surface area (Å²) in [6.07, 6.45) is 3.87. The lowest BCUT2D eigenvalue weighted by atomic mass is 9.99. The van der Waals surface area contributed by atoms with Crippen molar-refractivity contribution in [1.29, 1.82) is 0 Å². The Bertz CT molecular complexity index is 387. The van der Waals surface area contributed by atoms with Crippen molar-refractivity contribution >= 4 is 15.9 Å². The molecule has 19 heavy (non-hydrogen) atoms. The lowest BCUT2D eigenvalue weighted by molar-refractivity contribution is -0.126. The zero-order valence-electron chi connectivity index (χ0n) is 12.2. The Balaban J connectivity index is 2.73. The molecule has 1 saturated heterocycles. The first-order valence-corrected chi connectivity index (χ1v) is 8.81. The quantitative estimate of drug-likeness (QED) is 0.802. The highest BCUT2D eigenvalue weighted by atomic mass is 32.2. The van der Waals surface area contributed by atoms with E-state index in [4.69, 9.17) is 0 Å². The van der Waals surface area contributed by atoms with Gasteiger partial charge in [0.2, 0.25) is 10.0 Å². The molecule has 0 aromatic carbocycles. The monoisotopic (exact) mass is 290 g/mol.